The molecule has 1 amide bonds. The maximum absolute atomic E-state index is 11.5. The second kappa shape index (κ2) is 6.25. The van der Waals surface area contributed by atoms with Crippen molar-refractivity contribution in [3.05, 3.63) is 35.9 Å². The molecule has 0 bridgehead atoms. The van der Waals surface area contributed by atoms with Crippen LogP contribution in [-0.2, 0) is 11.3 Å². The van der Waals surface area contributed by atoms with Crippen molar-refractivity contribution >= 4 is 6.09 Å². The van der Waals surface area contributed by atoms with Crippen molar-refractivity contribution in [2.45, 2.75) is 25.5 Å². The van der Waals surface area contributed by atoms with Crippen LogP contribution in [0.25, 0.3) is 0 Å². The third-order valence-corrected chi connectivity index (χ3v) is 2.97. The van der Waals surface area contributed by atoms with E-state index in [1.165, 1.54) is 0 Å². The molecule has 1 saturated heterocycles. The first kappa shape index (κ1) is 11.9. The van der Waals surface area contributed by atoms with E-state index in [0.29, 0.717) is 6.61 Å². The molecule has 0 atom stereocenters. The van der Waals surface area contributed by atoms with Crippen LogP contribution in [0.4, 0.5) is 4.79 Å². The highest BCUT2D eigenvalue weighted by atomic mass is 16.5. The minimum atomic E-state index is -0.305. The minimum Gasteiger partial charge on any atom is -0.445 e. The van der Waals surface area contributed by atoms with Gasteiger partial charge < -0.3 is 15.4 Å². The number of piperidine rings is 1. The van der Waals surface area contributed by atoms with Gasteiger partial charge in [-0.15, -0.1) is 0 Å². The molecule has 0 aliphatic carbocycles. The number of hydrogen-bond donors (Lipinski definition) is 2. The number of alkyl carbamates (subject to hydrolysis) is 1. The average molecular weight is 235 g/mol. The lowest BCUT2D eigenvalue weighted by atomic mass is 10.1. The summed E-state index contributed by atoms with van der Waals surface area (Å²) in [5, 5.41) is 5.18. The minimum absolute atomic E-state index is 0.281. The van der Waals surface area contributed by atoms with Crippen molar-refractivity contribution in [2.24, 2.45) is 0 Å². The van der Waals surface area contributed by atoms with Crippen molar-refractivity contribution in [1.29, 1.82) is 0 Å². The summed E-state index contributed by atoms with van der Waals surface area (Å²) in [5.74, 6) is 0. The Balaban J connectivity index is 1.70. The fourth-order valence-electron chi connectivity index (χ4n) is 2.00. The molecule has 0 saturated carbocycles. The Labute approximate surface area is 101 Å². The zero-order valence-electron chi connectivity index (χ0n) is 9.89. The first-order valence-electron chi connectivity index (χ1n) is 6.13. The Morgan fingerprint density at radius 2 is 2.00 bits per heavy atom. The van der Waals surface area contributed by atoms with Crippen LogP contribution in [0.5, 0.6) is 0 Å². The van der Waals surface area contributed by atoms with Crippen molar-refractivity contribution in [3.63, 3.8) is 0 Å². The smallest absolute Gasteiger partial charge is 0.407 e. The van der Waals surface area contributed by atoms with Crippen LogP contribution < -0.4 is 10.6 Å². The molecular formula is C13H19N2O2+. The molecule has 0 aromatic heterocycles. The van der Waals surface area contributed by atoms with Gasteiger partial charge in [-0.1, -0.05) is 30.3 Å². The molecule has 1 aliphatic rings. The van der Waals surface area contributed by atoms with E-state index < -0.39 is 0 Å². The summed E-state index contributed by atoms with van der Waals surface area (Å²) in [6, 6.07) is 10.00. The number of carbonyl (C=O) groups excluding carboxylic acids is 1. The number of hydrogen-bond acceptors (Lipinski definition) is 2. The molecule has 1 aromatic carbocycles. The predicted molar refractivity (Wildman–Crippen MR) is 64.4 cm³/mol. The summed E-state index contributed by atoms with van der Waals surface area (Å²) >= 11 is 0. The molecule has 4 heteroatoms. The number of amides is 1. The molecule has 2 rings (SSSR count). The molecule has 1 aromatic rings. The fourth-order valence-corrected chi connectivity index (χ4v) is 2.00. The van der Waals surface area contributed by atoms with Crippen LogP contribution in [0.2, 0.25) is 0 Å². The highest BCUT2D eigenvalue weighted by Crippen LogP contribution is 2.02. The van der Waals surface area contributed by atoms with E-state index in [0.717, 1.165) is 31.5 Å². The van der Waals surface area contributed by atoms with E-state index in [1.807, 2.05) is 30.3 Å². The van der Waals surface area contributed by atoms with E-state index in [2.05, 4.69) is 10.6 Å². The Kier molecular flexibility index (Phi) is 4.38. The Bertz CT molecular complexity index is 348. The first-order valence-corrected chi connectivity index (χ1v) is 6.13. The van der Waals surface area contributed by atoms with Gasteiger partial charge in [0.25, 0.3) is 0 Å². The molecule has 17 heavy (non-hydrogen) atoms. The molecule has 1 aliphatic heterocycles. The highest BCUT2D eigenvalue weighted by molar-refractivity contribution is 5.67. The molecule has 92 valence electrons. The van der Waals surface area contributed by atoms with Crippen molar-refractivity contribution < 1.29 is 14.8 Å². The Morgan fingerprint density at radius 1 is 1.29 bits per heavy atom. The molecule has 0 unspecified atom stereocenters. The maximum atomic E-state index is 11.5. The van der Waals surface area contributed by atoms with Crippen LogP contribution >= 0.6 is 0 Å². The summed E-state index contributed by atoms with van der Waals surface area (Å²) in [6.45, 7) is 2.51. The van der Waals surface area contributed by atoms with Gasteiger partial charge in [0.2, 0.25) is 0 Å². The quantitative estimate of drug-likeness (QED) is 0.807. The number of rotatable bonds is 3. The second-order valence-electron chi connectivity index (χ2n) is 4.35. The summed E-state index contributed by atoms with van der Waals surface area (Å²) in [7, 11) is 0. The van der Waals surface area contributed by atoms with Crippen molar-refractivity contribution in [2.75, 3.05) is 13.1 Å². The first-order chi connectivity index (χ1) is 8.34. The second-order valence-corrected chi connectivity index (χ2v) is 4.35. The number of carbonyl (C=O) groups is 1. The normalized spacial score (nSPS) is 16.5. The molecule has 3 N–H and O–H groups in total. The topological polar surface area (TPSA) is 54.9 Å². The van der Waals surface area contributed by atoms with Crippen molar-refractivity contribution in [1.82, 2.24) is 5.32 Å². The fraction of sp³-hybridized carbons (Fsp3) is 0.462. The lowest BCUT2D eigenvalue weighted by molar-refractivity contribution is -0.663. The van der Waals surface area contributed by atoms with Gasteiger partial charge in [0.15, 0.2) is 0 Å². The van der Waals surface area contributed by atoms with Crippen LogP contribution in [0.3, 0.4) is 0 Å². The zero-order valence-corrected chi connectivity index (χ0v) is 9.89. The van der Waals surface area contributed by atoms with Gasteiger partial charge in [-0.05, 0) is 5.56 Å². The van der Waals surface area contributed by atoms with E-state index in [9.17, 15) is 4.79 Å². The van der Waals surface area contributed by atoms with Crippen molar-refractivity contribution in [3.8, 4) is 0 Å². The molecule has 1 heterocycles. The number of quaternary nitrogens is 1. The van der Waals surface area contributed by atoms with Crippen LogP contribution in [0.15, 0.2) is 30.3 Å². The van der Waals surface area contributed by atoms with Crippen LogP contribution in [0, 0.1) is 0 Å². The summed E-state index contributed by atoms with van der Waals surface area (Å²) in [6.07, 6.45) is 1.75. The largest absolute Gasteiger partial charge is 0.445 e. The zero-order chi connectivity index (χ0) is 11.9. The lowest BCUT2D eigenvalue weighted by Crippen LogP contribution is -2.87. The van der Waals surface area contributed by atoms with Crippen LogP contribution in [-0.4, -0.2) is 25.2 Å². The van der Waals surface area contributed by atoms with E-state index >= 15 is 0 Å². The summed E-state index contributed by atoms with van der Waals surface area (Å²) < 4.78 is 5.17. The number of ether oxygens (including phenoxy) is 1. The third kappa shape index (κ3) is 4.07. The maximum Gasteiger partial charge on any atom is 0.407 e. The molecule has 0 spiro atoms. The summed E-state index contributed by atoms with van der Waals surface area (Å²) in [4.78, 5) is 11.5. The molecule has 1 fully saturated rings. The molecule has 0 radical (unpaired) electrons. The molecular weight excluding hydrogens is 216 g/mol. The lowest BCUT2D eigenvalue weighted by Gasteiger charge is -2.21. The predicted octanol–water partition coefficient (Wildman–Crippen LogP) is 0.639. The van der Waals surface area contributed by atoms with Gasteiger partial charge in [0, 0.05) is 18.9 Å². The number of benzene rings is 1. The van der Waals surface area contributed by atoms with Gasteiger partial charge in [0.05, 0.1) is 13.1 Å². The van der Waals surface area contributed by atoms with Crippen LogP contribution in [0.1, 0.15) is 18.4 Å². The van der Waals surface area contributed by atoms with Gasteiger partial charge in [-0.3, -0.25) is 0 Å². The SMILES string of the molecule is O=C(NC1CC[NH2+]CC1)OCc1ccccc1. The van der Waals surface area contributed by atoms with Gasteiger partial charge in [0.1, 0.15) is 6.61 Å². The highest BCUT2D eigenvalue weighted by Gasteiger charge is 2.17. The van der Waals surface area contributed by atoms with E-state index in [-0.39, 0.29) is 12.1 Å². The Morgan fingerprint density at radius 3 is 2.71 bits per heavy atom. The number of nitrogens with one attached hydrogen (secondary N) is 1. The summed E-state index contributed by atoms with van der Waals surface area (Å²) in [5.41, 5.74) is 1.01. The van der Waals surface area contributed by atoms with E-state index in [1.54, 1.807) is 0 Å². The monoisotopic (exact) mass is 235 g/mol. The standard InChI is InChI=1S/C13H18N2O2/c16-13(15-12-6-8-14-9-7-12)17-10-11-4-2-1-3-5-11/h1-5,12,14H,6-10H2,(H,15,16)/p+1. The van der Waals surface area contributed by atoms with E-state index in [4.69, 9.17) is 4.74 Å². The van der Waals surface area contributed by atoms with Gasteiger partial charge in [-0.2, -0.15) is 0 Å². The molecule has 4 nitrogen and oxygen atoms in total. The van der Waals surface area contributed by atoms with Gasteiger partial charge >= 0.3 is 6.09 Å². The third-order valence-electron chi connectivity index (χ3n) is 2.97. The number of nitrogens with two attached hydrogens (primary N) is 1. The van der Waals surface area contributed by atoms with Gasteiger partial charge in [-0.25, -0.2) is 4.79 Å². The average Bonchev–Trinajstić information content (AvgIpc) is 2.39. The Hall–Kier alpha value is -1.55.